The summed E-state index contributed by atoms with van der Waals surface area (Å²) >= 11 is 5.00. The minimum Gasteiger partial charge on any atom is -0.376 e. The molecule has 74 valence electrons. The maximum Gasteiger partial charge on any atom is 0.224 e. The van der Waals surface area contributed by atoms with Crippen molar-refractivity contribution in [3.8, 4) is 0 Å². The zero-order valence-corrected chi connectivity index (χ0v) is 8.53. The van der Waals surface area contributed by atoms with Gasteiger partial charge in [-0.1, -0.05) is 31.5 Å². The summed E-state index contributed by atoms with van der Waals surface area (Å²) in [5.41, 5.74) is 5.03. The molecule has 0 aromatic heterocycles. The Hall–Kier alpha value is -0.640. The Morgan fingerprint density at radius 3 is 2.54 bits per heavy atom. The van der Waals surface area contributed by atoms with E-state index in [1.807, 2.05) is 0 Å². The molecular weight excluding hydrogens is 184 g/mol. The molecule has 13 heavy (non-hydrogen) atoms. The quantitative estimate of drug-likeness (QED) is 0.671. The highest BCUT2D eigenvalue weighted by molar-refractivity contribution is 7.80. The number of carbonyl (C=O) groups is 1. The summed E-state index contributed by atoms with van der Waals surface area (Å²) in [5.74, 6) is -0.353. The first-order valence-electron chi connectivity index (χ1n) is 4.76. The minimum absolute atomic E-state index is 0.186. The molecule has 1 aliphatic carbocycles. The van der Waals surface area contributed by atoms with Crippen molar-refractivity contribution in [1.29, 1.82) is 0 Å². The molecule has 1 rings (SSSR count). The van der Waals surface area contributed by atoms with Crippen molar-refractivity contribution in [3.63, 3.8) is 0 Å². The van der Waals surface area contributed by atoms with Gasteiger partial charge in [0.25, 0.3) is 0 Å². The van der Waals surface area contributed by atoms with Crippen LogP contribution in [-0.2, 0) is 4.79 Å². The lowest BCUT2D eigenvalue weighted by molar-refractivity contribution is -0.116. The van der Waals surface area contributed by atoms with Gasteiger partial charge in [0.05, 0.1) is 11.4 Å². The van der Waals surface area contributed by atoms with Crippen molar-refractivity contribution in [2.24, 2.45) is 5.73 Å². The number of thiocarbonyl (C=S) groups is 1. The average molecular weight is 200 g/mol. The van der Waals surface area contributed by atoms with Gasteiger partial charge in [0, 0.05) is 6.04 Å². The van der Waals surface area contributed by atoms with Gasteiger partial charge in [0.1, 0.15) is 0 Å². The predicted molar refractivity (Wildman–Crippen MR) is 56.4 cm³/mol. The van der Waals surface area contributed by atoms with Crippen LogP contribution < -0.4 is 11.1 Å². The molecule has 0 heterocycles. The Labute approximate surface area is 84.1 Å². The maximum atomic E-state index is 10.5. The van der Waals surface area contributed by atoms with Crippen LogP contribution >= 0.6 is 12.2 Å². The Morgan fingerprint density at radius 2 is 2.00 bits per heavy atom. The number of rotatable bonds is 3. The smallest absolute Gasteiger partial charge is 0.224 e. The van der Waals surface area contributed by atoms with E-state index in [1.54, 1.807) is 0 Å². The van der Waals surface area contributed by atoms with Crippen LogP contribution in [0.4, 0.5) is 0 Å². The fourth-order valence-corrected chi connectivity index (χ4v) is 1.99. The number of hydrogen-bond donors (Lipinski definition) is 2. The first kappa shape index (κ1) is 10.4. The summed E-state index contributed by atoms with van der Waals surface area (Å²) in [6, 6.07) is 0.473. The van der Waals surface area contributed by atoms with Gasteiger partial charge in [-0.2, -0.15) is 0 Å². The van der Waals surface area contributed by atoms with E-state index in [4.69, 9.17) is 18.0 Å². The van der Waals surface area contributed by atoms with Crippen molar-refractivity contribution < 1.29 is 4.79 Å². The topological polar surface area (TPSA) is 55.1 Å². The van der Waals surface area contributed by atoms with E-state index in [-0.39, 0.29) is 12.3 Å². The van der Waals surface area contributed by atoms with Crippen molar-refractivity contribution in [3.05, 3.63) is 0 Å². The number of primary amides is 1. The second kappa shape index (κ2) is 5.17. The average Bonchev–Trinajstić information content (AvgIpc) is 2.04. The SMILES string of the molecule is NC(=O)CC(=S)NC1CCCCC1. The Bertz CT molecular complexity index is 200. The van der Waals surface area contributed by atoms with Gasteiger partial charge in [-0.3, -0.25) is 4.79 Å². The molecule has 1 fully saturated rings. The summed E-state index contributed by atoms with van der Waals surface area (Å²) in [6.45, 7) is 0. The highest BCUT2D eigenvalue weighted by Crippen LogP contribution is 2.17. The third-order valence-corrected chi connectivity index (χ3v) is 2.57. The van der Waals surface area contributed by atoms with Crippen LogP contribution in [-0.4, -0.2) is 16.9 Å². The number of amides is 1. The first-order chi connectivity index (χ1) is 6.18. The van der Waals surface area contributed by atoms with Crippen molar-refractivity contribution in [2.75, 3.05) is 0 Å². The van der Waals surface area contributed by atoms with Crippen LogP contribution in [0.5, 0.6) is 0 Å². The van der Waals surface area contributed by atoms with E-state index in [0.717, 1.165) is 0 Å². The number of carbonyl (C=O) groups excluding carboxylic acids is 1. The largest absolute Gasteiger partial charge is 0.376 e. The molecule has 0 saturated heterocycles. The molecular formula is C9H16N2OS. The molecule has 1 saturated carbocycles. The van der Waals surface area contributed by atoms with Crippen LogP contribution in [0.15, 0.2) is 0 Å². The van der Waals surface area contributed by atoms with Crippen LogP contribution in [0.1, 0.15) is 38.5 Å². The van der Waals surface area contributed by atoms with Crippen molar-refractivity contribution in [2.45, 2.75) is 44.6 Å². The summed E-state index contributed by atoms with van der Waals surface area (Å²) in [5, 5.41) is 3.18. The third-order valence-electron chi connectivity index (χ3n) is 2.31. The lowest BCUT2D eigenvalue weighted by Crippen LogP contribution is -2.37. The summed E-state index contributed by atoms with van der Waals surface area (Å²) in [7, 11) is 0. The van der Waals surface area contributed by atoms with Gasteiger partial charge >= 0.3 is 0 Å². The second-order valence-corrected chi connectivity index (χ2v) is 4.04. The fourth-order valence-electron chi connectivity index (χ4n) is 1.68. The van der Waals surface area contributed by atoms with Gasteiger partial charge in [0.15, 0.2) is 0 Å². The highest BCUT2D eigenvalue weighted by Gasteiger charge is 2.14. The van der Waals surface area contributed by atoms with Gasteiger partial charge in [-0.05, 0) is 12.8 Å². The molecule has 1 amide bonds. The van der Waals surface area contributed by atoms with E-state index < -0.39 is 0 Å². The molecule has 0 unspecified atom stereocenters. The van der Waals surface area contributed by atoms with E-state index in [0.29, 0.717) is 11.0 Å². The number of nitrogens with two attached hydrogens (primary N) is 1. The molecule has 0 spiro atoms. The molecule has 1 aliphatic rings. The van der Waals surface area contributed by atoms with Crippen LogP contribution in [0, 0.1) is 0 Å². The standard InChI is InChI=1S/C9H16N2OS/c10-8(12)6-9(13)11-7-4-2-1-3-5-7/h7H,1-6H2,(H2,10,12)(H,11,13). The molecule has 4 heteroatoms. The van der Waals surface area contributed by atoms with E-state index >= 15 is 0 Å². The fraction of sp³-hybridized carbons (Fsp3) is 0.778. The molecule has 3 N–H and O–H groups in total. The Balaban J connectivity index is 2.22. The molecule has 0 aliphatic heterocycles. The summed E-state index contributed by atoms with van der Waals surface area (Å²) in [6.07, 6.45) is 6.36. The van der Waals surface area contributed by atoms with Gasteiger partial charge in [-0.25, -0.2) is 0 Å². The van der Waals surface area contributed by atoms with E-state index in [9.17, 15) is 4.79 Å². The van der Waals surface area contributed by atoms with Crippen LogP contribution in [0.3, 0.4) is 0 Å². The third kappa shape index (κ3) is 4.22. The van der Waals surface area contributed by atoms with Gasteiger partial charge in [0.2, 0.25) is 5.91 Å². The van der Waals surface area contributed by atoms with Crippen LogP contribution in [0.2, 0.25) is 0 Å². The zero-order valence-electron chi connectivity index (χ0n) is 7.71. The first-order valence-corrected chi connectivity index (χ1v) is 5.17. The predicted octanol–water partition coefficient (Wildman–Crippen LogP) is 1.11. The van der Waals surface area contributed by atoms with E-state index in [1.165, 1.54) is 32.1 Å². The Morgan fingerprint density at radius 1 is 1.38 bits per heavy atom. The maximum absolute atomic E-state index is 10.5. The van der Waals surface area contributed by atoms with Gasteiger partial charge in [-0.15, -0.1) is 0 Å². The Kier molecular flexibility index (Phi) is 4.15. The zero-order chi connectivity index (χ0) is 9.68. The lowest BCUT2D eigenvalue weighted by atomic mass is 9.95. The van der Waals surface area contributed by atoms with Gasteiger partial charge < -0.3 is 11.1 Å². The normalized spacial score (nSPS) is 18.2. The second-order valence-electron chi connectivity index (χ2n) is 3.55. The number of nitrogens with one attached hydrogen (secondary N) is 1. The lowest BCUT2D eigenvalue weighted by Gasteiger charge is -2.23. The van der Waals surface area contributed by atoms with E-state index in [2.05, 4.69) is 5.32 Å². The molecule has 0 aromatic rings. The molecule has 3 nitrogen and oxygen atoms in total. The summed E-state index contributed by atoms with van der Waals surface area (Å²) in [4.78, 5) is 11.1. The minimum atomic E-state index is -0.353. The molecule has 0 radical (unpaired) electrons. The molecule has 0 atom stereocenters. The summed E-state index contributed by atoms with van der Waals surface area (Å²) < 4.78 is 0. The molecule has 0 bridgehead atoms. The molecule has 0 aromatic carbocycles. The van der Waals surface area contributed by atoms with Crippen molar-refractivity contribution >= 4 is 23.1 Å². The van der Waals surface area contributed by atoms with Crippen LogP contribution in [0.25, 0.3) is 0 Å². The highest BCUT2D eigenvalue weighted by atomic mass is 32.1. The number of hydrogen-bond acceptors (Lipinski definition) is 2. The monoisotopic (exact) mass is 200 g/mol. The van der Waals surface area contributed by atoms with Crippen molar-refractivity contribution in [1.82, 2.24) is 5.32 Å².